The molecule has 1 aromatic heterocycles. The topological polar surface area (TPSA) is 32.3 Å². The fourth-order valence-corrected chi connectivity index (χ4v) is 3.71. The van der Waals surface area contributed by atoms with Gasteiger partial charge in [-0.1, -0.05) is 24.3 Å². The van der Waals surface area contributed by atoms with Crippen LogP contribution in [-0.2, 0) is 0 Å². The second-order valence-corrected chi connectivity index (χ2v) is 7.47. The van der Waals surface area contributed by atoms with Crippen molar-refractivity contribution < 1.29 is 4.39 Å². The number of benzene rings is 2. The number of anilines is 2. The summed E-state index contributed by atoms with van der Waals surface area (Å²) in [5.41, 5.74) is 5.51. The van der Waals surface area contributed by atoms with Crippen molar-refractivity contribution in [1.29, 1.82) is 0 Å². The Labute approximate surface area is 165 Å². The lowest BCUT2D eigenvalue weighted by Gasteiger charge is -2.37. The van der Waals surface area contributed by atoms with E-state index in [0.29, 0.717) is 11.4 Å². The number of piperazine rings is 1. The minimum atomic E-state index is -0.272. The van der Waals surface area contributed by atoms with Crippen LogP contribution in [0.5, 0.6) is 0 Å². The summed E-state index contributed by atoms with van der Waals surface area (Å²) in [6.07, 6.45) is 0. The minimum Gasteiger partial charge on any atom is -0.368 e. The smallest absolute Gasteiger partial charge is 0.161 e. The molecule has 3 aromatic rings. The second kappa shape index (κ2) is 7.58. The highest BCUT2D eigenvalue weighted by atomic mass is 19.1. The van der Waals surface area contributed by atoms with Crippen LogP contribution in [0.15, 0.2) is 48.5 Å². The van der Waals surface area contributed by atoms with Crippen molar-refractivity contribution in [2.75, 3.05) is 36.0 Å². The summed E-state index contributed by atoms with van der Waals surface area (Å²) in [5, 5.41) is 0. The van der Waals surface area contributed by atoms with Crippen LogP contribution >= 0.6 is 0 Å². The maximum Gasteiger partial charge on any atom is 0.161 e. The van der Waals surface area contributed by atoms with Crippen molar-refractivity contribution >= 4 is 11.5 Å². The van der Waals surface area contributed by atoms with Gasteiger partial charge in [-0.2, -0.15) is 0 Å². The van der Waals surface area contributed by atoms with Crippen LogP contribution < -0.4 is 9.80 Å². The van der Waals surface area contributed by atoms with E-state index in [1.807, 2.05) is 19.1 Å². The van der Waals surface area contributed by atoms with Crippen molar-refractivity contribution in [2.24, 2.45) is 0 Å². The van der Waals surface area contributed by atoms with Crippen LogP contribution in [0.1, 0.15) is 16.8 Å². The zero-order chi connectivity index (χ0) is 19.7. The molecular weight excluding hydrogens is 351 g/mol. The third kappa shape index (κ3) is 3.84. The zero-order valence-electron chi connectivity index (χ0n) is 16.6. The lowest BCUT2D eigenvalue weighted by Crippen LogP contribution is -2.47. The molecule has 0 saturated carbocycles. The Hall–Kier alpha value is -2.95. The minimum absolute atomic E-state index is 0.272. The van der Waals surface area contributed by atoms with Gasteiger partial charge in [0.1, 0.15) is 11.6 Å². The predicted molar refractivity (Wildman–Crippen MR) is 113 cm³/mol. The van der Waals surface area contributed by atoms with Crippen LogP contribution in [0.2, 0.25) is 0 Å². The van der Waals surface area contributed by atoms with Gasteiger partial charge >= 0.3 is 0 Å². The normalized spacial score (nSPS) is 14.4. The van der Waals surface area contributed by atoms with E-state index in [9.17, 15) is 4.39 Å². The van der Waals surface area contributed by atoms with Crippen molar-refractivity contribution in [3.8, 4) is 11.4 Å². The Bertz CT molecular complexity index is 994. The van der Waals surface area contributed by atoms with E-state index in [0.717, 1.165) is 37.7 Å². The van der Waals surface area contributed by atoms with E-state index >= 15 is 0 Å². The average Bonchev–Trinajstić information content (AvgIpc) is 2.69. The molecule has 1 aliphatic heterocycles. The number of hydrogen-bond acceptors (Lipinski definition) is 4. The van der Waals surface area contributed by atoms with E-state index in [4.69, 9.17) is 4.98 Å². The summed E-state index contributed by atoms with van der Waals surface area (Å²) in [4.78, 5) is 14.0. The Balaban J connectivity index is 1.54. The number of aryl methyl sites for hydroxylation is 3. The van der Waals surface area contributed by atoms with Crippen LogP contribution in [0, 0.1) is 26.6 Å². The highest BCUT2D eigenvalue weighted by Gasteiger charge is 2.20. The Kier molecular flexibility index (Phi) is 4.99. The van der Waals surface area contributed by atoms with Gasteiger partial charge in [0.2, 0.25) is 0 Å². The molecule has 0 unspecified atom stereocenters. The molecule has 1 aliphatic rings. The van der Waals surface area contributed by atoms with Crippen LogP contribution in [0.3, 0.4) is 0 Å². The van der Waals surface area contributed by atoms with E-state index in [1.165, 1.54) is 28.9 Å². The molecule has 1 saturated heterocycles. The van der Waals surface area contributed by atoms with Crippen molar-refractivity contribution in [2.45, 2.75) is 20.8 Å². The van der Waals surface area contributed by atoms with Gasteiger partial charge in [0, 0.05) is 49.2 Å². The fourth-order valence-electron chi connectivity index (χ4n) is 3.71. The first kappa shape index (κ1) is 18.4. The maximum atomic E-state index is 13.6. The van der Waals surface area contributed by atoms with Gasteiger partial charge < -0.3 is 9.80 Å². The van der Waals surface area contributed by atoms with Gasteiger partial charge in [0.15, 0.2) is 5.82 Å². The number of halogens is 1. The fraction of sp³-hybridized carbons (Fsp3) is 0.304. The molecule has 0 spiro atoms. The van der Waals surface area contributed by atoms with Gasteiger partial charge in [-0.05, 0) is 50.1 Å². The van der Waals surface area contributed by atoms with E-state index in [1.54, 1.807) is 6.07 Å². The summed E-state index contributed by atoms with van der Waals surface area (Å²) in [7, 11) is 0. The maximum absolute atomic E-state index is 13.6. The summed E-state index contributed by atoms with van der Waals surface area (Å²) in [5.74, 6) is 1.21. The van der Waals surface area contributed by atoms with E-state index in [-0.39, 0.29) is 5.82 Å². The standard InChI is InChI=1S/C23H25FN4/c1-16-7-8-17(2)21(13-16)27-9-11-28(12-10-27)22-14-18(3)25-23(26-22)19-5-4-6-20(24)15-19/h4-8,13-15H,9-12H2,1-3H3. The molecule has 0 radical (unpaired) electrons. The van der Waals surface area contributed by atoms with Crippen LogP contribution in [-0.4, -0.2) is 36.1 Å². The van der Waals surface area contributed by atoms with Crippen molar-refractivity contribution in [3.63, 3.8) is 0 Å². The number of rotatable bonds is 3. The molecule has 0 atom stereocenters. The molecule has 144 valence electrons. The highest BCUT2D eigenvalue weighted by molar-refractivity contribution is 5.59. The monoisotopic (exact) mass is 376 g/mol. The van der Waals surface area contributed by atoms with E-state index in [2.05, 4.69) is 46.8 Å². The molecule has 28 heavy (non-hydrogen) atoms. The molecule has 1 fully saturated rings. The molecule has 2 heterocycles. The molecule has 5 heteroatoms. The van der Waals surface area contributed by atoms with Crippen LogP contribution in [0.25, 0.3) is 11.4 Å². The number of aromatic nitrogens is 2. The molecule has 4 nitrogen and oxygen atoms in total. The lowest BCUT2D eigenvalue weighted by molar-refractivity contribution is 0.628. The molecular formula is C23H25FN4. The van der Waals surface area contributed by atoms with Gasteiger partial charge in [-0.3, -0.25) is 0 Å². The second-order valence-electron chi connectivity index (χ2n) is 7.47. The summed E-state index contributed by atoms with van der Waals surface area (Å²) >= 11 is 0. The van der Waals surface area contributed by atoms with Crippen molar-refractivity contribution in [1.82, 2.24) is 9.97 Å². The first-order valence-electron chi connectivity index (χ1n) is 9.68. The molecule has 0 N–H and O–H groups in total. The van der Waals surface area contributed by atoms with Gasteiger partial charge in [-0.25, -0.2) is 14.4 Å². The third-order valence-corrected chi connectivity index (χ3v) is 5.23. The Morgan fingerprint density at radius 2 is 1.57 bits per heavy atom. The lowest BCUT2D eigenvalue weighted by atomic mass is 10.1. The first-order chi connectivity index (χ1) is 13.5. The molecule has 4 rings (SSSR count). The van der Waals surface area contributed by atoms with Crippen molar-refractivity contribution in [3.05, 3.63) is 71.2 Å². The SMILES string of the molecule is Cc1ccc(C)c(N2CCN(c3cc(C)nc(-c4cccc(F)c4)n3)CC2)c1. The predicted octanol–water partition coefficient (Wildman–Crippen LogP) is 4.53. The Morgan fingerprint density at radius 3 is 2.32 bits per heavy atom. The highest BCUT2D eigenvalue weighted by Crippen LogP contribution is 2.25. The molecule has 2 aromatic carbocycles. The third-order valence-electron chi connectivity index (χ3n) is 5.23. The molecule has 0 bridgehead atoms. The molecule has 0 aliphatic carbocycles. The van der Waals surface area contributed by atoms with Gasteiger partial charge in [0.25, 0.3) is 0 Å². The Morgan fingerprint density at radius 1 is 0.821 bits per heavy atom. The summed E-state index contributed by atoms with van der Waals surface area (Å²) in [6.45, 7) is 9.95. The number of hydrogen-bond donors (Lipinski definition) is 0. The van der Waals surface area contributed by atoms with E-state index < -0.39 is 0 Å². The quantitative estimate of drug-likeness (QED) is 0.672. The molecule has 0 amide bonds. The van der Waals surface area contributed by atoms with Gasteiger partial charge in [0.05, 0.1) is 0 Å². The first-order valence-corrected chi connectivity index (χ1v) is 9.68. The largest absolute Gasteiger partial charge is 0.368 e. The summed E-state index contributed by atoms with van der Waals surface area (Å²) in [6, 6.07) is 15.1. The average molecular weight is 376 g/mol. The summed E-state index contributed by atoms with van der Waals surface area (Å²) < 4.78 is 13.6. The number of nitrogens with zero attached hydrogens (tertiary/aromatic N) is 4. The van der Waals surface area contributed by atoms with Crippen LogP contribution in [0.4, 0.5) is 15.9 Å². The van der Waals surface area contributed by atoms with Gasteiger partial charge in [-0.15, -0.1) is 0 Å². The zero-order valence-corrected chi connectivity index (χ0v) is 16.6.